The number of aromatic nitrogens is 1. The summed E-state index contributed by atoms with van der Waals surface area (Å²) in [6.45, 7) is 7.67. The van der Waals surface area contributed by atoms with Gasteiger partial charge in [-0.2, -0.15) is 0 Å². The van der Waals surface area contributed by atoms with Crippen molar-refractivity contribution in [3.05, 3.63) is 40.9 Å². The van der Waals surface area contributed by atoms with Crippen LogP contribution in [0.15, 0.2) is 30.5 Å². The summed E-state index contributed by atoms with van der Waals surface area (Å²) in [5.74, 6) is 0.341. The lowest BCUT2D eigenvalue weighted by Crippen LogP contribution is -2.21. The van der Waals surface area contributed by atoms with Crippen molar-refractivity contribution in [3.8, 4) is 5.75 Å². The molecule has 1 aromatic heterocycles. The fourth-order valence-electron chi connectivity index (χ4n) is 2.00. The van der Waals surface area contributed by atoms with Crippen LogP contribution in [0.5, 0.6) is 5.75 Å². The molecule has 4 nitrogen and oxygen atoms in total. The Labute approximate surface area is 124 Å². The second-order valence-electron chi connectivity index (χ2n) is 4.51. The maximum absolute atomic E-state index is 9.69. The zero-order chi connectivity index (χ0) is 14.4. The number of nitrogens with one attached hydrogen (secondary N) is 1. The molecule has 0 amide bonds. The average molecular weight is 291 g/mol. The number of hydrogen-bond donors (Lipinski definition) is 2. The van der Waals surface area contributed by atoms with Gasteiger partial charge in [-0.1, -0.05) is 18.2 Å². The molecule has 0 aliphatic rings. The van der Waals surface area contributed by atoms with Crippen molar-refractivity contribution in [2.24, 2.45) is 0 Å². The van der Waals surface area contributed by atoms with Crippen molar-refractivity contribution < 1.29 is 5.11 Å². The van der Waals surface area contributed by atoms with E-state index in [4.69, 9.17) is 0 Å². The number of para-hydroxylation sites is 1. The molecule has 1 aromatic carbocycles. The third-order valence-electron chi connectivity index (χ3n) is 3.18. The van der Waals surface area contributed by atoms with E-state index in [2.05, 4.69) is 29.0 Å². The van der Waals surface area contributed by atoms with Crippen molar-refractivity contribution in [2.45, 2.75) is 26.9 Å². The van der Waals surface area contributed by atoms with E-state index in [-0.39, 0.29) is 0 Å². The number of thiazole rings is 1. The first-order valence-corrected chi connectivity index (χ1v) is 7.73. The van der Waals surface area contributed by atoms with Gasteiger partial charge >= 0.3 is 0 Å². The third-order valence-corrected chi connectivity index (χ3v) is 4.24. The third kappa shape index (κ3) is 3.71. The summed E-state index contributed by atoms with van der Waals surface area (Å²) in [4.78, 5) is 7.91. The quantitative estimate of drug-likeness (QED) is 0.823. The molecule has 2 rings (SSSR count). The molecular weight excluding hydrogens is 270 g/mol. The van der Waals surface area contributed by atoms with Crippen LogP contribution in [0, 0.1) is 0 Å². The Bertz CT molecular complexity index is 537. The first-order chi connectivity index (χ1) is 9.74. The van der Waals surface area contributed by atoms with Crippen LogP contribution >= 0.6 is 11.3 Å². The predicted octanol–water partition coefficient (Wildman–Crippen LogP) is 2.98. The highest BCUT2D eigenvalue weighted by Gasteiger charge is 2.07. The molecule has 0 radical (unpaired) electrons. The van der Waals surface area contributed by atoms with Crippen LogP contribution < -0.4 is 10.2 Å². The Morgan fingerprint density at radius 3 is 2.65 bits per heavy atom. The molecule has 1 heterocycles. The molecule has 0 fully saturated rings. The van der Waals surface area contributed by atoms with Gasteiger partial charge in [-0.05, 0) is 19.9 Å². The summed E-state index contributed by atoms with van der Waals surface area (Å²) in [5, 5.41) is 14.1. The molecule has 0 unspecified atom stereocenters. The van der Waals surface area contributed by atoms with E-state index in [1.807, 2.05) is 24.4 Å². The maximum atomic E-state index is 9.69. The summed E-state index contributed by atoms with van der Waals surface area (Å²) >= 11 is 1.72. The zero-order valence-corrected chi connectivity index (χ0v) is 12.8. The second-order valence-corrected chi connectivity index (χ2v) is 5.61. The number of nitrogens with zero attached hydrogens (tertiary/aromatic N) is 2. The lowest BCUT2D eigenvalue weighted by atomic mass is 10.2. The second kappa shape index (κ2) is 7.26. The fraction of sp³-hybridized carbons (Fsp3) is 0.400. The molecule has 0 saturated carbocycles. The normalized spacial score (nSPS) is 10.7. The van der Waals surface area contributed by atoms with Gasteiger partial charge in [0.1, 0.15) is 5.75 Å². The lowest BCUT2D eigenvalue weighted by molar-refractivity contribution is 0.464. The van der Waals surface area contributed by atoms with Crippen molar-refractivity contribution in [1.82, 2.24) is 10.3 Å². The van der Waals surface area contributed by atoms with E-state index in [0.29, 0.717) is 12.3 Å². The van der Waals surface area contributed by atoms with Gasteiger partial charge in [-0.15, -0.1) is 11.3 Å². The summed E-state index contributed by atoms with van der Waals surface area (Å²) < 4.78 is 0. The molecule has 0 aliphatic carbocycles. The Morgan fingerprint density at radius 1 is 1.20 bits per heavy atom. The van der Waals surface area contributed by atoms with E-state index in [9.17, 15) is 5.11 Å². The van der Waals surface area contributed by atoms with Crippen LogP contribution in [0.25, 0.3) is 0 Å². The molecule has 108 valence electrons. The van der Waals surface area contributed by atoms with Gasteiger partial charge in [0.2, 0.25) is 0 Å². The van der Waals surface area contributed by atoms with Gasteiger partial charge in [0.05, 0.1) is 0 Å². The zero-order valence-electron chi connectivity index (χ0n) is 12.0. The fourth-order valence-corrected chi connectivity index (χ4v) is 3.01. The molecule has 0 aliphatic heterocycles. The molecule has 2 N–H and O–H groups in total. The SMILES string of the molecule is CCN(CC)c1ncc(CNCc2ccccc2O)s1. The minimum absolute atomic E-state index is 0.341. The molecule has 2 aromatic rings. The minimum atomic E-state index is 0.341. The predicted molar refractivity (Wildman–Crippen MR) is 84.3 cm³/mol. The molecule has 0 bridgehead atoms. The van der Waals surface area contributed by atoms with Crippen LogP contribution in [0.3, 0.4) is 0 Å². The Kier molecular flexibility index (Phi) is 5.38. The van der Waals surface area contributed by atoms with Crippen LogP contribution in [0.2, 0.25) is 0 Å². The first kappa shape index (κ1) is 14.8. The smallest absolute Gasteiger partial charge is 0.185 e. The number of rotatable bonds is 7. The van der Waals surface area contributed by atoms with E-state index in [1.165, 1.54) is 4.88 Å². The molecule has 5 heteroatoms. The Hall–Kier alpha value is -1.59. The molecule has 0 atom stereocenters. The standard InChI is InChI=1S/C15H21N3OS/c1-3-18(4-2)15-17-11-13(20-15)10-16-9-12-7-5-6-8-14(12)19/h5-8,11,16,19H,3-4,9-10H2,1-2H3. The van der Waals surface area contributed by atoms with E-state index in [0.717, 1.165) is 30.3 Å². The molecular formula is C15H21N3OS. The number of hydrogen-bond acceptors (Lipinski definition) is 5. The van der Waals surface area contributed by atoms with Gasteiger partial charge in [0.15, 0.2) is 5.13 Å². The van der Waals surface area contributed by atoms with Crippen LogP contribution in [0.4, 0.5) is 5.13 Å². The number of benzene rings is 1. The number of phenols is 1. The number of phenolic OH excluding ortho intramolecular Hbond substituents is 1. The summed E-state index contributed by atoms with van der Waals surface area (Å²) in [7, 11) is 0. The summed E-state index contributed by atoms with van der Waals surface area (Å²) in [5.41, 5.74) is 0.918. The highest BCUT2D eigenvalue weighted by Crippen LogP contribution is 2.22. The van der Waals surface area contributed by atoms with E-state index >= 15 is 0 Å². The molecule has 0 spiro atoms. The first-order valence-electron chi connectivity index (χ1n) is 6.91. The topological polar surface area (TPSA) is 48.4 Å². The highest BCUT2D eigenvalue weighted by atomic mass is 32.1. The lowest BCUT2D eigenvalue weighted by Gasteiger charge is -2.16. The van der Waals surface area contributed by atoms with Crippen molar-refractivity contribution in [1.29, 1.82) is 0 Å². The maximum Gasteiger partial charge on any atom is 0.185 e. The Balaban J connectivity index is 1.87. The van der Waals surface area contributed by atoms with Gasteiger partial charge < -0.3 is 15.3 Å². The molecule has 20 heavy (non-hydrogen) atoms. The van der Waals surface area contributed by atoms with Gasteiger partial charge in [-0.25, -0.2) is 4.98 Å². The monoisotopic (exact) mass is 291 g/mol. The minimum Gasteiger partial charge on any atom is -0.508 e. The number of aromatic hydroxyl groups is 1. The Morgan fingerprint density at radius 2 is 1.95 bits per heavy atom. The van der Waals surface area contributed by atoms with Crippen LogP contribution in [0.1, 0.15) is 24.3 Å². The van der Waals surface area contributed by atoms with E-state index < -0.39 is 0 Å². The van der Waals surface area contributed by atoms with Crippen molar-refractivity contribution >= 4 is 16.5 Å². The number of anilines is 1. The van der Waals surface area contributed by atoms with Crippen LogP contribution in [-0.2, 0) is 13.1 Å². The summed E-state index contributed by atoms with van der Waals surface area (Å²) in [6.07, 6.45) is 1.93. The van der Waals surface area contributed by atoms with Gasteiger partial charge in [0, 0.05) is 42.8 Å². The van der Waals surface area contributed by atoms with Gasteiger partial charge in [-0.3, -0.25) is 0 Å². The molecule has 0 saturated heterocycles. The highest BCUT2D eigenvalue weighted by molar-refractivity contribution is 7.15. The van der Waals surface area contributed by atoms with Crippen molar-refractivity contribution in [2.75, 3.05) is 18.0 Å². The van der Waals surface area contributed by atoms with Crippen molar-refractivity contribution in [3.63, 3.8) is 0 Å². The average Bonchev–Trinajstić information content (AvgIpc) is 2.91. The van der Waals surface area contributed by atoms with Crippen LogP contribution in [-0.4, -0.2) is 23.2 Å². The summed E-state index contributed by atoms with van der Waals surface area (Å²) in [6, 6.07) is 7.40. The van der Waals surface area contributed by atoms with E-state index in [1.54, 1.807) is 17.4 Å². The largest absolute Gasteiger partial charge is 0.508 e. The van der Waals surface area contributed by atoms with Gasteiger partial charge in [0.25, 0.3) is 0 Å².